The molecule has 3 heteroatoms. The molecule has 0 bridgehead atoms. The highest BCUT2D eigenvalue weighted by molar-refractivity contribution is 5.68. The van der Waals surface area contributed by atoms with Gasteiger partial charge in [0.2, 0.25) is 0 Å². The van der Waals surface area contributed by atoms with Crippen molar-refractivity contribution in [1.29, 1.82) is 0 Å². The molecule has 0 spiro atoms. The maximum Gasteiger partial charge on any atom is 0.305 e. The zero-order chi connectivity index (χ0) is 9.31. The predicted molar refractivity (Wildman–Crippen MR) is 49.6 cm³/mol. The van der Waals surface area contributed by atoms with E-state index in [1.807, 2.05) is 0 Å². The lowest BCUT2D eigenvalue weighted by molar-refractivity contribution is -0.142. The van der Waals surface area contributed by atoms with Gasteiger partial charge in [-0.05, 0) is 45.2 Å². The zero-order valence-corrected chi connectivity index (χ0v) is 7.96. The molecule has 2 aliphatic rings. The summed E-state index contributed by atoms with van der Waals surface area (Å²) < 4.78 is 0. The Hall–Kier alpha value is -0.570. The molecule has 0 radical (unpaired) electrons. The molecule has 0 atom stereocenters. The molecule has 1 saturated heterocycles. The predicted octanol–water partition coefficient (Wildman–Crippen LogP) is 1.48. The second-order valence-electron chi connectivity index (χ2n) is 4.34. The van der Waals surface area contributed by atoms with Crippen LogP contribution in [0.25, 0.3) is 0 Å². The molecule has 3 nitrogen and oxygen atoms in total. The molecular weight excluding hydrogens is 166 g/mol. The van der Waals surface area contributed by atoms with Gasteiger partial charge >= 0.3 is 5.97 Å². The van der Waals surface area contributed by atoms with Crippen LogP contribution in [0.1, 0.15) is 38.5 Å². The third kappa shape index (κ3) is 1.57. The normalized spacial score (nSPS) is 27.1. The minimum absolute atomic E-state index is 0.0579. The van der Waals surface area contributed by atoms with Crippen molar-refractivity contribution < 1.29 is 9.90 Å². The Labute approximate surface area is 78.7 Å². The second-order valence-corrected chi connectivity index (χ2v) is 4.34. The summed E-state index contributed by atoms with van der Waals surface area (Å²) in [6, 6.07) is 0. The number of carbonyl (C=O) groups is 1. The number of nitrogens with zero attached hydrogens (tertiary/aromatic N) is 1. The standard InChI is InChI=1S/C10H17NO2/c12-9(13)8-10(4-3-5-10)11-6-1-2-7-11/h1-8H2,(H,12,13). The van der Waals surface area contributed by atoms with E-state index in [4.69, 9.17) is 5.11 Å². The van der Waals surface area contributed by atoms with Crippen molar-refractivity contribution in [2.75, 3.05) is 13.1 Å². The molecule has 1 saturated carbocycles. The van der Waals surface area contributed by atoms with E-state index in [0.29, 0.717) is 6.42 Å². The van der Waals surface area contributed by atoms with E-state index in [1.165, 1.54) is 19.3 Å². The Morgan fingerprint density at radius 3 is 2.23 bits per heavy atom. The van der Waals surface area contributed by atoms with Gasteiger partial charge in [-0.1, -0.05) is 0 Å². The van der Waals surface area contributed by atoms with E-state index in [-0.39, 0.29) is 5.54 Å². The van der Waals surface area contributed by atoms with Crippen LogP contribution in [0.5, 0.6) is 0 Å². The van der Waals surface area contributed by atoms with Crippen LogP contribution < -0.4 is 0 Å². The van der Waals surface area contributed by atoms with Crippen molar-refractivity contribution in [3.63, 3.8) is 0 Å². The molecule has 0 aromatic heterocycles. The number of carboxylic acids is 1. The highest BCUT2D eigenvalue weighted by atomic mass is 16.4. The molecule has 0 aromatic carbocycles. The van der Waals surface area contributed by atoms with E-state index < -0.39 is 5.97 Å². The van der Waals surface area contributed by atoms with E-state index in [2.05, 4.69) is 4.90 Å². The van der Waals surface area contributed by atoms with Crippen molar-refractivity contribution in [2.24, 2.45) is 0 Å². The van der Waals surface area contributed by atoms with Crippen LogP contribution in [0.2, 0.25) is 0 Å². The molecule has 0 amide bonds. The van der Waals surface area contributed by atoms with Crippen molar-refractivity contribution >= 4 is 5.97 Å². The van der Waals surface area contributed by atoms with Gasteiger partial charge in [0.15, 0.2) is 0 Å². The molecule has 2 fully saturated rings. The number of carboxylic acid groups (broad SMARTS) is 1. The molecule has 1 aliphatic carbocycles. The van der Waals surface area contributed by atoms with Gasteiger partial charge in [-0.25, -0.2) is 0 Å². The van der Waals surface area contributed by atoms with Gasteiger partial charge in [0.25, 0.3) is 0 Å². The van der Waals surface area contributed by atoms with Crippen LogP contribution >= 0.6 is 0 Å². The first-order valence-corrected chi connectivity index (χ1v) is 5.20. The Morgan fingerprint density at radius 2 is 1.85 bits per heavy atom. The summed E-state index contributed by atoms with van der Waals surface area (Å²) in [5.74, 6) is -0.633. The van der Waals surface area contributed by atoms with Gasteiger partial charge < -0.3 is 5.11 Å². The number of hydrogen-bond donors (Lipinski definition) is 1. The lowest BCUT2D eigenvalue weighted by Gasteiger charge is -2.48. The number of rotatable bonds is 3. The largest absolute Gasteiger partial charge is 0.481 e. The maximum absolute atomic E-state index is 10.7. The van der Waals surface area contributed by atoms with Gasteiger partial charge in [0.1, 0.15) is 0 Å². The summed E-state index contributed by atoms with van der Waals surface area (Å²) in [7, 11) is 0. The first-order valence-electron chi connectivity index (χ1n) is 5.20. The van der Waals surface area contributed by atoms with Gasteiger partial charge in [-0.15, -0.1) is 0 Å². The number of likely N-dealkylation sites (tertiary alicyclic amines) is 1. The van der Waals surface area contributed by atoms with E-state index in [0.717, 1.165) is 25.9 Å². The molecular formula is C10H17NO2. The third-order valence-electron chi connectivity index (χ3n) is 3.54. The summed E-state index contributed by atoms with van der Waals surface area (Å²) in [5.41, 5.74) is 0.0579. The summed E-state index contributed by atoms with van der Waals surface area (Å²) in [6.07, 6.45) is 6.26. The minimum Gasteiger partial charge on any atom is -0.481 e. The van der Waals surface area contributed by atoms with Gasteiger partial charge in [0.05, 0.1) is 6.42 Å². The Morgan fingerprint density at radius 1 is 1.23 bits per heavy atom. The second kappa shape index (κ2) is 3.29. The maximum atomic E-state index is 10.7. The summed E-state index contributed by atoms with van der Waals surface area (Å²) in [4.78, 5) is 13.1. The molecule has 0 unspecified atom stereocenters. The number of hydrogen-bond acceptors (Lipinski definition) is 2. The molecule has 2 rings (SSSR count). The molecule has 13 heavy (non-hydrogen) atoms. The van der Waals surface area contributed by atoms with Crippen LogP contribution in [0, 0.1) is 0 Å². The third-order valence-corrected chi connectivity index (χ3v) is 3.54. The average Bonchev–Trinajstić information content (AvgIpc) is 2.48. The Bertz CT molecular complexity index is 205. The number of aliphatic carboxylic acids is 1. The fourth-order valence-corrected chi connectivity index (χ4v) is 2.66. The fraction of sp³-hybridized carbons (Fsp3) is 0.900. The molecule has 0 aromatic rings. The molecule has 1 heterocycles. The van der Waals surface area contributed by atoms with Crippen molar-refractivity contribution in [2.45, 2.75) is 44.1 Å². The van der Waals surface area contributed by atoms with Crippen LogP contribution in [0.15, 0.2) is 0 Å². The average molecular weight is 183 g/mol. The molecule has 74 valence electrons. The molecule has 1 N–H and O–H groups in total. The van der Waals surface area contributed by atoms with Crippen LogP contribution in [0.3, 0.4) is 0 Å². The minimum atomic E-state index is -0.633. The van der Waals surface area contributed by atoms with E-state index in [1.54, 1.807) is 0 Å². The summed E-state index contributed by atoms with van der Waals surface area (Å²) >= 11 is 0. The quantitative estimate of drug-likeness (QED) is 0.720. The van der Waals surface area contributed by atoms with Gasteiger partial charge in [-0.2, -0.15) is 0 Å². The van der Waals surface area contributed by atoms with Crippen LogP contribution in [-0.4, -0.2) is 34.6 Å². The lowest BCUT2D eigenvalue weighted by atomic mass is 9.73. The fourth-order valence-electron chi connectivity index (χ4n) is 2.66. The Balaban J connectivity index is 2.01. The first kappa shape index (κ1) is 9.00. The van der Waals surface area contributed by atoms with Crippen molar-refractivity contribution in [3.8, 4) is 0 Å². The summed E-state index contributed by atoms with van der Waals surface area (Å²) in [5, 5.41) is 8.85. The van der Waals surface area contributed by atoms with Crippen molar-refractivity contribution in [1.82, 2.24) is 4.90 Å². The SMILES string of the molecule is O=C(O)CC1(N2CCCC2)CCC1. The topological polar surface area (TPSA) is 40.5 Å². The zero-order valence-electron chi connectivity index (χ0n) is 7.96. The van der Waals surface area contributed by atoms with Crippen molar-refractivity contribution in [3.05, 3.63) is 0 Å². The highest BCUT2D eigenvalue weighted by Crippen LogP contribution is 2.42. The Kier molecular flexibility index (Phi) is 2.28. The van der Waals surface area contributed by atoms with Crippen LogP contribution in [0.4, 0.5) is 0 Å². The van der Waals surface area contributed by atoms with Gasteiger partial charge in [0, 0.05) is 5.54 Å². The summed E-state index contributed by atoms with van der Waals surface area (Å²) in [6.45, 7) is 2.24. The van der Waals surface area contributed by atoms with E-state index in [9.17, 15) is 4.79 Å². The molecule has 1 aliphatic heterocycles. The van der Waals surface area contributed by atoms with Gasteiger partial charge in [-0.3, -0.25) is 9.69 Å². The van der Waals surface area contributed by atoms with Crippen LogP contribution in [-0.2, 0) is 4.79 Å². The lowest BCUT2D eigenvalue weighted by Crippen LogP contribution is -2.53. The first-order chi connectivity index (χ1) is 6.23. The smallest absolute Gasteiger partial charge is 0.305 e. The monoisotopic (exact) mass is 183 g/mol. The van der Waals surface area contributed by atoms with E-state index >= 15 is 0 Å². The highest BCUT2D eigenvalue weighted by Gasteiger charge is 2.44.